The lowest BCUT2D eigenvalue weighted by molar-refractivity contribution is 0.302. The number of nitrogens with one attached hydrogen (secondary N) is 2. The lowest BCUT2D eigenvalue weighted by Gasteiger charge is -2.44. The third kappa shape index (κ3) is 3.35. The smallest absolute Gasteiger partial charge is 0.230 e. The van der Waals surface area contributed by atoms with Crippen LogP contribution in [-0.4, -0.2) is 52.9 Å². The lowest BCUT2D eigenvalue weighted by Crippen LogP contribution is -2.47. The second-order valence-corrected chi connectivity index (χ2v) is 8.88. The van der Waals surface area contributed by atoms with Gasteiger partial charge in [-0.25, -0.2) is 15.0 Å². The molecule has 8 heteroatoms. The minimum atomic E-state index is 0.156. The van der Waals surface area contributed by atoms with Crippen molar-refractivity contribution in [3.63, 3.8) is 0 Å². The fraction of sp³-hybridized carbons (Fsp3) is 0.478. The Labute approximate surface area is 182 Å². The van der Waals surface area contributed by atoms with Gasteiger partial charge in [-0.3, -0.25) is 0 Å². The van der Waals surface area contributed by atoms with Crippen LogP contribution in [0.25, 0.3) is 0 Å². The lowest BCUT2D eigenvalue weighted by atomic mass is 9.79. The van der Waals surface area contributed by atoms with E-state index in [4.69, 9.17) is 4.98 Å². The molecule has 2 fully saturated rings. The molecule has 31 heavy (non-hydrogen) atoms. The van der Waals surface area contributed by atoms with Crippen LogP contribution in [-0.2, 0) is 0 Å². The molecule has 2 aromatic rings. The molecule has 3 aliphatic heterocycles. The van der Waals surface area contributed by atoms with E-state index in [1.807, 2.05) is 24.7 Å². The monoisotopic (exact) mass is 416 g/mol. The number of piperazine rings is 1. The Morgan fingerprint density at radius 2 is 1.87 bits per heavy atom. The van der Waals surface area contributed by atoms with Crippen LogP contribution in [0.5, 0.6) is 0 Å². The number of aromatic nitrogens is 3. The predicted octanol–water partition coefficient (Wildman–Crippen LogP) is 3.54. The molecule has 0 bridgehead atoms. The van der Waals surface area contributed by atoms with E-state index in [1.165, 1.54) is 37.8 Å². The summed E-state index contributed by atoms with van der Waals surface area (Å²) in [5.74, 6) is 2.24. The van der Waals surface area contributed by atoms with Crippen molar-refractivity contribution in [1.29, 1.82) is 0 Å². The number of nitrogens with zero attached hydrogens (tertiary/aromatic N) is 6. The highest BCUT2D eigenvalue weighted by molar-refractivity contribution is 5.94. The molecule has 1 saturated heterocycles. The second kappa shape index (κ2) is 7.60. The Balaban J connectivity index is 1.25. The van der Waals surface area contributed by atoms with Crippen molar-refractivity contribution in [3.05, 3.63) is 36.3 Å². The van der Waals surface area contributed by atoms with Gasteiger partial charge in [-0.2, -0.15) is 4.98 Å². The zero-order valence-electron chi connectivity index (χ0n) is 17.7. The minimum absolute atomic E-state index is 0.156. The number of fused-ring (bicyclic) bond motifs is 4. The standard InChI is InChI=1S/C23H28N8/c1-2-7-23(8-3-1)9-6-18-15-25-19-16-27-22(29-21(19)31(18)23)28-20-5-4-17(14-26-20)30-12-10-24-11-13-30/h4-6,14-16,24H,1-3,7-13H2,(H,26,27,28,29). The largest absolute Gasteiger partial charge is 0.368 e. The van der Waals surface area contributed by atoms with Gasteiger partial charge in [0.2, 0.25) is 5.95 Å². The summed E-state index contributed by atoms with van der Waals surface area (Å²) in [6.45, 7) is 4.05. The van der Waals surface area contributed by atoms with Gasteiger partial charge < -0.3 is 20.4 Å². The highest BCUT2D eigenvalue weighted by Crippen LogP contribution is 2.48. The van der Waals surface area contributed by atoms with Gasteiger partial charge in [0.1, 0.15) is 11.5 Å². The minimum Gasteiger partial charge on any atom is -0.368 e. The quantitative estimate of drug-likeness (QED) is 0.792. The average Bonchev–Trinajstić information content (AvgIpc) is 3.19. The van der Waals surface area contributed by atoms with Crippen LogP contribution in [0.1, 0.15) is 38.5 Å². The molecule has 1 saturated carbocycles. The molecule has 6 rings (SSSR count). The summed E-state index contributed by atoms with van der Waals surface area (Å²) in [6, 6.07) is 4.11. The highest BCUT2D eigenvalue weighted by Gasteiger charge is 2.45. The predicted molar refractivity (Wildman–Crippen MR) is 124 cm³/mol. The van der Waals surface area contributed by atoms with Gasteiger partial charge in [-0.1, -0.05) is 25.3 Å². The van der Waals surface area contributed by atoms with E-state index in [0.29, 0.717) is 5.95 Å². The molecule has 0 amide bonds. The topological polar surface area (TPSA) is 81.6 Å². The molecule has 8 nitrogen and oxygen atoms in total. The van der Waals surface area contributed by atoms with Gasteiger partial charge in [0.15, 0.2) is 5.82 Å². The Morgan fingerprint density at radius 3 is 2.68 bits per heavy atom. The van der Waals surface area contributed by atoms with Crippen LogP contribution in [0, 0.1) is 0 Å². The Bertz CT molecular complexity index is 1020. The van der Waals surface area contributed by atoms with Crippen LogP contribution in [0.2, 0.25) is 0 Å². The first-order chi connectivity index (χ1) is 15.3. The van der Waals surface area contributed by atoms with Crippen molar-refractivity contribution < 1.29 is 0 Å². The van der Waals surface area contributed by atoms with Crippen LogP contribution in [0.4, 0.5) is 29.0 Å². The number of anilines is 4. The number of aliphatic imine (C=N–C) groups is 1. The third-order valence-corrected chi connectivity index (χ3v) is 6.98. The van der Waals surface area contributed by atoms with Gasteiger partial charge in [-0.15, -0.1) is 0 Å². The molecule has 0 radical (unpaired) electrons. The molecule has 2 N–H and O–H groups in total. The maximum Gasteiger partial charge on any atom is 0.230 e. The second-order valence-electron chi connectivity index (χ2n) is 8.88. The number of hydrogen-bond donors (Lipinski definition) is 2. The van der Waals surface area contributed by atoms with E-state index in [1.54, 1.807) is 0 Å². The molecule has 1 aliphatic carbocycles. The zero-order chi connectivity index (χ0) is 20.7. The normalized spacial score (nSPS) is 21.6. The summed E-state index contributed by atoms with van der Waals surface area (Å²) in [6.07, 6.45) is 15.4. The number of hydrogen-bond acceptors (Lipinski definition) is 8. The van der Waals surface area contributed by atoms with E-state index in [0.717, 1.165) is 55.6 Å². The summed E-state index contributed by atoms with van der Waals surface area (Å²) in [5, 5.41) is 6.68. The molecule has 0 aromatic carbocycles. The van der Waals surface area contributed by atoms with Crippen molar-refractivity contribution in [2.45, 2.75) is 44.1 Å². The molecule has 4 aliphatic rings. The molecular weight excluding hydrogens is 388 g/mol. The Kier molecular flexibility index (Phi) is 4.60. The van der Waals surface area contributed by atoms with Crippen molar-refractivity contribution in [3.8, 4) is 0 Å². The summed E-state index contributed by atoms with van der Waals surface area (Å²) in [5.41, 5.74) is 3.33. The zero-order valence-corrected chi connectivity index (χ0v) is 17.7. The SMILES string of the molecule is C1=Nc2cnc(Nc3ccc(N4CCNCC4)cn3)nc2N2C1=CCC21CCCCC1. The first-order valence-electron chi connectivity index (χ1n) is 11.4. The number of allylic oxidation sites excluding steroid dienone is 1. The first-order valence-corrected chi connectivity index (χ1v) is 11.4. The molecule has 2 aromatic heterocycles. The summed E-state index contributed by atoms with van der Waals surface area (Å²) in [4.78, 5) is 23.4. The van der Waals surface area contributed by atoms with Gasteiger partial charge in [0.05, 0.1) is 35.5 Å². The van der Waals surface area contributed by atoms with E-state index in [2.05, 4.69) is 47.5 Å². The van der Waals surface area contributed by atoms with Crippen molar-refractivity contribution >= 4 is 35.2 Å². The summed E-state index contributed by atoms with van der Waals surface area (Å²) < 4.78 is 0. The van der Waals surface area contributed by atoms with E-state index < -0.39 is 0 Å². The summed E-state index contributed by atoms with van der Waals surface area (Å²) in [7, 11) is 0. The molecule has 1 spiro atoms. The van der Waals surface area contributed by atoms with Crippen LogP contribution in [0.3, 0.4) is 0 Å². The van der Waals surface area contributed by atoms with Gasteiger partial charge in [0.25, 0.3) is 0 Å². The van der Waals surface area contributed by atoms with Crippen LogP contribution < -0.4 is 20.4 Å². The van der Waals surface area contributed by atoms with Crippen molar-refractivity contribution in [2.75, 3.05) is 41.3 Å². The Morgan fingerprint density at radius 1 is 1.00 bits per heavy atom. The first kappa shape index (κ1) is 18.7. The summed E-state index contributed by atoms with van der Waals surface area (Å²) >= 11 is 0. The van der Waals surface area contributed by atoms with Gasteiger partial charge >= 0.3 is 0 Å². The number of rotatable bonds is 3. The molecule has 5 heterocycles. The third-order valence-electron chi connectivity index (χ3n) is 6.98. The number of pyridine rings is 1. The molecular formula is C23H28N8. The molecule has 160 valence electrons. The Hall–Kier alpha value is -3.00. The van der Waals surface area contributed by atoms with Gasteiger partial charge in [-0.05, 0) is 31.4 Å². The average molecular weight is 417 g/mol. The van der Waals surface area contributed by atoms with Gasteiger partial charge in [0, 0.05) is 26.2 Å². The van der Waals surface area contributed by atoms with E-state index in [9.17, 15) is 0 Å². The van der Waals surface area contributed by atoms with Crippen LogP contribution in [0.15, 0.2) is 41.3 Å². The maximum atomic E-state index is 4.90. The van der Waals surface area contributed by atoms with Crippen molar-refractivity contribution in [2.24, 2.45) is 4.99 Å². The van der Waals surface area contributed by atoms with E-state index in [-0.39, 0.29) is 5.54 Å². The van der Waals surface area contributed by atoms with E-state index >= 15 is 0 Å². The fourth-order valence-corrected chi connectivity index (χ4v) is 5.35. The van der Waals surface area contributed by atoms with Crippen LogP contribution >= 0.6 is 0 Å². The fourth-order valence-electron chi connectivity index (χ4n) is 5.35. The van der Waals surface area contributed by atoms with Crippen molar-refractivity contribution in [1.82, 2.24) is 20.3 Å². The maximum absolute atomic E-state index is 4.90. The molecule has 0 atom stereocenters. The molecule has 0 unspecified atom stereocenters. The highest BCUT2D eigenvalue weighted by atomic mass is 15.3.